The van der Waals surface area contributed by atoms with Crippen LogP contribution in [0.1, 0.15) is 24.1 Å². The maximum absolute atomic E-state index is 6.03. The highest BCUT2D eigenvalue weighted by atomic mass is 15.1. The van der Waals surface area contributed by atoms with Crippen LogP contribution in [0.2, 0.25) is 0 Å². The van der Waals surface area contributed by atoms with Gasteiger partial charge < -0.3 is 10.6 Å². The van der Waals surface area contributed by atoms with Gasteiger partial charge in [0.25, 0.3) is 0 Å². The van der Waals surface area contributed by atoms with E-state index in [0.717, 1.165) is 5.69 Å². The predicted molar refractivity (Wildman–Crippen MR) is 78.3 cm³/mol. The minimum atomic E-state index is 0.0356. The van der Waals surface area contributed by atoms with Gasteiger partial charge in [0.05, 0.1) is 0 Å². The van der Waals surface area contributed by atoms with Gasteiger partial charge in [0.2, 0.25) is 0 Å². The Balaban J connectivity index is 2.43. The molecule has 0 aliphatic carbocycles. The monoisotopic (exact) mass is 240 g/mol. The Morgan fingerprint density at radius 1 is 1.06 bits per heavy atom. The Morgan fingerprint density at radius 3 is 2.44 bits per heavy atom. The van der Waals surface area contributed by atoms with Crippen LogP contribution in [0.4, 0.5) is 11.4 Å². The van der Waals surface area contributed by atoms with E-state index in [-0.39, 0.29) is 6.04 Å². The van der Waals surface area contributed by atoms with Crippen molar-refractivity contribution in [3.63, 3.8) is 0 Å². The molecule has 0 heterocycles. The number of aryl methyl sites for hydroxylation is 1. The molecule has 0 unspecified atom stereocenters. The summed E-state index contributed by atoms with van der Waals surface area (Å²) in [5, 5.41) is 0. The van der Waals surface area contributed by atoms with Crippen molar-refractivity contribution >= 4 is 11.4 Å². The van der Waals surface area contributed by atoms with E-state index in [2.05, 4.69) is 55.3 Å². The van der Waals surface area contributed by atoms with E-state index in [4.69, 9.17) is 5.73 Å². The van der Waals surface area contributed by atoms with Crippen molar-refractivity contribution in [1.29, 1.82) is 0 Å². The summed E-state index contributed by atoms with van der Waals surface area (Å²) in [4.78, 5) is 2.19. The van der Waals surface area contributed by atoms with Gasteiger partial charge in [0.1, 0.15) is 0 Å². The van der Waals surface area contributed by atoms with Crippen molar-refractivity contribution in [3.05, 3.63) is 59.7 Å². The molecule has 94 valence electrons. The second-order valence-electron chi connectivity index (χ2n) is 4.75. The largest absolute Gasteiger partial charge is 0.344 e. The average molecular weight is 240 g/mol. The first-order chi connectivity index (χ1) is 8.59. The summed E-state index contributed by atoms with van der Waals surface area (Å²) in [6, 6.07) is 16.8. The van der Waals surface area contributed by atoms with Crippen LogP contribution in [0.3, 0.4) is 0 Å². The van der Waals surface area contributed by atoms with Gasteiger partial charge in [-0.15, -0.1) is 0 Å². The topological polar surface area (TPSA) is 29.3 Å². The maximum Gasteiger partial charge on any atom is 0.0456 e. The molecule has 0 aliphatic rings. The van der Waals surface area contributed by atoms with Gasteiger partial charge >= 0.3 is 0 Å². The third kappa shape index (κ3) is 2.54. The van der Waals surface area contributed by atoms with Crippen molar-refractivity contribution < 1.29 is 0 Å². The number of anilines is 2. The predicted octanol–water partition coefficient (Wildman–Crippen LogP) is 3.78. The van der Waals surface area contributed by atoms with E-state index in [1.807, 2.05) is 19.1 Å². The molecule has 0 saturated heterocycles. The highest BCUT2D eigenvalue weighted by Crippen LogP contribution is 2.30. The third-order valence-electron chi connectivity index (χ3n) is 3.18. The molecule has 2 aromatic rings. The first kappa shape index (κ1) is 12.7. The van der Waals surface area contributed by atoms with Crippen LogP contribution in [0.15, 0.2) is 48.5 Å². The van der Waals surface area contributed by atoms with Crippen LogP contribution in [0, 0.1) is 6.92 Å². The molecule has 1 atom stereocenters. The second-order valence-corrected chi connectivity index (χ2v) is 4.75. The van der Waals surface area contributed by atoms with Crippen LogP contribution in [-0.4, -0.2) is 7.05 Å². The smallest absolute Gasteiger partial charge is 0.0456 e. The molecule has 0 aliphatic heterocycles. The fourth-order valence-electron chi connectivity index (χ4n) is 2.15. The number of hydrogen-bond acceptors (Lipinski definition) is 2. The van der Waals surface area contributed by atoms with E-state index >= 15 is 0 Å². The molecule has 0 aromatic heterocycles. The summed E-state index contributed by atoms with van der Waals surface area (Å²) < 4.78 is 0. The van der Waals surface area contributed by atoms with Gasteiger partial charge in [-0.1, -0.05) is 30.3 Å². The average Bonchev–Trinajstić information content (AvgIpc) is 2.38. The standard InChI is InChI=1S/C16H20N2/c1-12-7-6-8-14(11-12)18(3)16-10-5-4-9-15(16)13(2)17/h4-11,13H,17H2,1-3H3/t13-/m0/s1. The molecule has 2 nitrogen and oxygen atoms in total. The van der Waals surface area contributed by atoms with Crippen LogP contribution in [-0.2, 0) is 0 Å². The summed E-state index contributed by atoms with van der Waals surface area (Å²) in [6.45, 7) is 4.12. The first-order valence-corrected chi connectivity index (χ1v) is 6.24. The van der Waals surface area contributed by atoms with Crippen molar-refractivity contribution in [2.75, 3.05) is 11.9 Å². The Hall–Kier alpha value is -1.80. The number of nitrogens with zero attached hydrogens (tertiary/aromatic N) is 1. The minimum absolute atomic E-state index is 0.0356. The third-order valence-corrected chi connectivity index (χ3v) is 3.18. The van der Waals surface area contributed by atoms with Crippen molar-refractivity contribution in [2.45, 2.75) is 19.9 Å². The number of benzene rings is 2. The quantitative estimate of drug-likeness (QED) is 0.884. The van der Waals surface area contributed by atoms with Crippen LogP contribution >= 0.6 is 0 Å². The summed E-state index contributed by atoms with van der Waals surface area (Å²) in [5.41, 5.74) is 10.8. The second kappa shape index (κ2) is 5.23. The SMILES string of the molecule is Cc1cccc(N(C)c2ccccc2[C@H](C)N)c1. The molecule has 2 N–H and O–H groups in total. The molecule has 18 heavy (non-hydrogen) atoms. The van der Waals surface area contributed by atoms with Crippen molar-refractivity contribution in [1.82, 2.24) is 0 Å². The lowest BCUT2D eigenvalue weighted by Gasteiger charge is -2.24. The number of rotatable bonds is 3. The zero-order valence-electron chi connectivity index (χ0n) is 11.2. The van der Waals surface area contributed by atoms with Gasteiger partial charge in [-0.3, -0.25) is 0 Å². The highest BCUT2D eigenvalue weighted by molar-refractivity contribution is 5.66. The molecule has 0 fully saturated rings. The van der Waals surface area contributed by atoms with Crippen LogP contribution in [0.25, 0.3) is 0 Å². The van der Waals surface area contributed by atoms with E-state index in [9.17, 15) is 0 Å². The van der Waals surface area contributed by atoms with Crippen molar-refractivity contribution in [3.8, 4) is 0 Å². The van der Waals surface area contributed by atoms with Crippen LogP contribution in [0.5, 0.6) is 0 Å². The van der Waals surface area contributed by atoms with Gasteiger partial charge in [0.15, 0.2) is 0 Å². The molecular weight excluding hydrogens is 220 g/mol. The maximum atomic E-state index is 6.03. The van der Waals surface area contributed by atoms with Gasteiger partial charge in [-0.2, -0.15) is 0 Å². The highest BCUT2D eigenvalue weighted by Gasteiger charge is 2.11. The molecular formula is C16H20N2. The molecule has 2 aromatic carbocycles. The number of hydrogen-bond donors (Lipinski definition) is 1. The molecule has 2 heteroatoms. The minimum Gasteiger partial charge on any atom is -0.344 e. The van der Waals surface area contributed by atoms with Gasteiger partial charge in [-0.05, 0) is 43.2 Å². The normalized spacial score (nSPS) is 12.2. The van der Waals surface area contributed by atoms with Gasteiger partial charge in [0, 0.05) is 24.5 Å². The van der Waals surface area contributed by atoms with E-state index < -0.39 is 0 Å². The zero-order chi connectivity index (χ0) is 13.1. The summed E-state index contributed by atoms with van der Waals surface area (Å²) in [5.74, 6) is 0. The van der Waals surface area contributed by atoms with Gasteiger partial charge in [-0.25, -0.2) is 0 Å². The Morgan fingerprint density at radius 2 is 1.78 bits per heavy atom. The Bertz CT molecular complexity index is 532. The fourth-order valence-corrected chi connectivity index (χ4v) is 2.15. The molecule has 2 rings (SSSR count). The molecule has 0 spiro atoms. The lowest BCUT2D eigenvalue weighted by Crippen LogP contribution is -2.15. The molecule has 0 saturated carbocycles. The summed E-state index contributed by atoms with van der Waals surface area (Å²) in [7, 11) is 2.08. The number of para-hydroxylation sites is 1. The first-order valence-electron chi connectivity index (χ1n) is 6.24. The molecule has 0 bridgehead atoms. The Labute approximate surface area is 109 Å². The fraction of sp³-hybridized carbons (Fsp3) is 0.250. The van der Waals surface area contributed by atoms with Crippen LogP contribution < -0.4 is 10.6 Å². The summed E-state index contributed by atoms with van der Waals surface area (Å²) in [6.07, 6.45) is 0. The molecule has 0 radical (unpaired) electrons. The van der Waals surface area contributed by atoms with E-state index in [0.29, 0.717) is 0 Å². The van der Waals surface area contributed by atoms with E-state index in [1.54, 1.807) is 0 Å². The Kier molecular flexibility index (Phi) is 3.68. The van der Waals surface area contributed by atoms with E-state index in [1.165, 1.54) is 16.8 Å². The lowest BCUT2D eigenvalue weighted by atomic mass is 10.1. The lowest BCUT2D eigenvalue weighted by molar-refractivity contribution is 0.815. The summed E-state index contributed by atoms with van der Waals surface area (Å²) >= 11 is 0. The number of nitrogens with two attached hydrogens (primary N) is 1. The van der Waals surface area contributed by atoms with Crippen molar-refractivity contribution in [2.24, 2.45) is 5.73 Å². The molecule has 0 amide bonds. The zero-order valence-corrected chi connectivity index (χ0v) is 11.2.